The Kier molecular flexibility index (Phi) is 6.16. The predicted octanol–water partition coefficient (Wildman–Crippen LogP) is 13.8. The molecule has 0 fully saturated rings. The van der Waals surface area contributed by atoms with E-state index in [4.69, 9.17) is 0 Å². The summed E-state index contributed by atoms with van der Waals surface area (Å²) in [4.78, 5) is 2.52. The second-order valence-electron chi connectivity index (χ2n) is 13.7. The molecule has 0 saturated carbocycles. The molecular weight excluding hydrogens is 611 g/mol. The Bertz CT molecular complexity index is 2770. The maximum atomic E-state index is 2.52. The van der Waals surface area contributed by atoms with Crippen LogP contribution >= 0.6 is 11.3 Å². The first kappa shape index (κ1) is 28.3. The first-order chi connectivity index (χ1) is 24.1. The number of hydrogen-bond donors (Lipinski definition) is 0. The molecule has 0 spiro atoms. The van der Waals surface area contributed by atoms with Gasteiger partial charge in [-0.1, -0.05) is 141 Å². The van der Waals surface area contributed by atoms with Gasteiger partial charge in [0.2, 0.25) is 0 Å². The van der Waals surface area contributed by atoms with Crippen LogP contribution in [0.5, 0.6) is 0 Å². The molecule has 0 N–H and O–H groups in total. The largest absolute Gasteiger partial charge is 0.308 e. The lowest BCUT2D eigenvalue weighted by Crippen LogP contribution is -2.17. The van der Waals surface area contributed by atoms with Crippen molar-refractivity contribution in [3.63, 3.8) is 0 Å². The van der Waals surface area contributed by atoms with Gasteiger partial charge in [-0.2, -0.15) is 0 Å². The topological polar surface area (TPSA) is 3.24 Å². The highest BCUT2D eigenvalue weighted by Crippen LogP contribution is 2.53. The summed E-state index contributed by atoms with van der Waals surface area (Å²) >= 11 is 1.90. The standard InChI is InChI=1S/C47H33NS/c1-47(2)40-19-9-7-17-37(40)38-26-25-34(29-41(38)47)48(42-20-10-8-15-35(42)33-23-22-30-12-3-4-14-32(30)28-33)43-21-11-18-39-45-36-16-6-5-13-31(36)24-27-44(45)49-46(39)43/h3-29H,1-2H3. The SMILES string of the molecule is CC1(C)c2ccccc2-c2ccc(N(c3ccccc3-c3ccc4ccccc4c3)c3cccc4c3sc3ccc5ccccc5c34)cc21. The van der Waals surface area contributed by atoms with E-state index in [0.717, 1.165) is 0 Å². The maximum absolute atomic E-state index is 2.52. The van der Waals surface area contributed by atoms with Crippen molar-refractivity contribution in [3.8, 4) is 22.3 Å². The van der Waals surface area contributed by atoms with Crippen molar-refractivity contribution >= 4 is 70.1 Å². The van der Waals surface area contributed by atoms with Crippen LogP contribution < -0.4 is 4.90 Å². The highest BCUT2D eigenvalue weighted by molar-refractivity contribution is 7.26. The van der Waals surface area contributed by atoms with Crippen LogP contribution in [0.15, 0.2) is 164 Å². The van der Waals surface area contributed by atoms with E-state index in [0.29, 0.717) is 0 Å². The Labute approximate surface area is 290 Å². The van der Waals surface area contributed by atoms with Crippen molar-refractivity contribution in [1.82, 2.24) is 0 Å². The van der Waals surface area contributed by atoms with Crippen LogP contribution in [0.25, 0.3) is 64.0 Å². The van der Waals surface area contributed by atoms with E-state index in [1.807, 2.05) is 11.3 Å². The first-order valence-corrected chi connectivity index (χ1v) is 17.8. The third-order valence-corrected chi connectivity index (χ3v) is 11.8. The van der Waals surface area contributed by atoms with E-state index in [1.54, 1.807) is 0 Å². The fraction of sp³-hybridized carbons (Fsp3) is 0.0638. The summed E-state index contributed by atoms with van der Waals surface area (Å²) in [6.07, 6.45) is 0. The van der Waals surface area contributed by atoms with Crippen LogP contribution in [0.2, 0.25) is 0 Å². The molecule has 0 unspecified atom stereocenters. The van der Waals surface area contributed by atoms with Gasteiger partial charge in [0.15, 0.2) is 0 Å². The Morgan fingerprint density at radius 3 is 2.04 bits per heavy atom. The highest BCUT2D eigenvalue weighted by Gasteiger charge is 2.36. The van der Waals surface area contributed by atoms with Gasteiger partial charge in [0.05, 0.1) is 16.1 Å². The predicted molar refractivity (Wildman–Crippen MR) is 212 cm³/mol. The molecule has 1 aromatic heterocycles. The van der Waals surface area contributed by atoms with Gasteiger partial charge in [-0.25, -0.2) is 0 Å². The number of rotatable bonds is 4. The van der Waals surface area contributed by atoms with Gasteiger partial charge in [0, 0.05) is 32.1 Å². The van der Waals surface area contributed by atoms with Crippen LogP contribution in [-0.4, -0.2) is 0 Å². The van der Waals surface area contributed by atoms with E-state index in [2.05, 4.69) is 183 Å². The highest BCUT2D eigenvalue weighted by atomic mass is 32.1. The Hall–Kier alpha value is -5.70. The molecule has 0 bridgehead atoms. The number of anilines is 3. The zero-order valence-corrected chi connectivity index (χ0v) is 28.3. The lowest BCUT2D eigenvalue weighted by molar-refractivity contribution is 0.660. The maximum Gasteiger partial charge on any atom is 0.0640 e. The third-order valence-electron chi connectivity index (χ3n) is 10.6. The van der Waals surface area contributed by atoms with Crippen molar-refractivity contribution < 1.29 is 0 Å². The molecule has 49 heavy (non-hydrogen) atoms. The molecule has 10 rings (SSSR count). The molecule has 2 heteroatoms. The second-order valence-corrected chi connectivity index (χ2v) is 14.8. The zero-order chi connectivity index (χ0) is 32.7. The Morgan fingerprint density at radius 2 is 1.14 bits per heavy atom. The summed E-state index contributed by atoms with van der Waals surface area (Å²) in [7, 11) is 0. The third kappa shape index (κ3) is 4.24. The van der Waals surface area contributed by atoms with Crippen LogP contribution in [0.3, 0.4) is 0 Å². The minimum Gasteiger partial charge on any atom is -0.308 e. The summed E-state index contributed by atoms with van der Waals surface area (Å²) in [5.41, 5.74) is 11.3. The normalized spacial score (nSPS) is 13.3. The van der Waals surface area contributed by atoms with E-state index < -0.39 is 0 Å². The van der Waals surface area contributed by atoms with Gasteiger partial charge >= 0.3 is 0 Å². The lowest BCUT2D eigenvalue weighted by Gasteiger charge is -2.30. The van der Waals surface area contributed by atoms with E-state index in [1.165, 1.54) is 92.2 Å². The molecule has 1 aliphatic carbocycles. The number of hydrogen-bond acceptors (Lipinski definition) is 2. The molecule has 1 nitrogen and oxygen atoms in total. The minimum absolute atomic E-state index is 0.103. The molecule has 0 atom stereocenters. The Balaban J connectivity index is 1.26. The van der Waals surface area contributed by atoms with E-state index >= 15 is 0 Å². The van der Waals surface area contributed by atoms with Crippen molar-refractivity contribution in [3.05, 3.63) is 175 Å². The van der Waals surface area contributed by atoms with Gasteiger partial charge in [0.1, 0.15) is 0 Å². The summed E-state index contributed by atoms with van der Waals surface area (Å²) in [5, 5.41) is 7.73. The quantitative estimate of drug-likeness (QED) is 0.184. The van der Waals surface area contributed by atoms with Crippen molar-refractivity contribution in [1.29, 1.82) is 0 Å². The van der Waals surface area contributed by atoms with Gasteiger partial charge in [-0.05, 0) is 85.8 Å². The molecule has 0 saturated heterocycles. The van der Waals surface area contributed by atoms with Crippen LogP contribution in [0, 0.1) is 0 Å². The van der Waals surface area contributed by atoms with Crippen molar-refractivity contribution in [2.24, 2.45) is 0 Å². The first-order valence-electron chi connectivity index (χ1n) is 17.0. The van der Waals surface area contributed by atoms with Gasteiger partial charge in [0.25, 0.3) is 0 Å². The molecule has 1 heterocycles. The molecule has 0 radical (unpaired) electrons. The zero-order valence-electron chi connectivity index (χ0n) is 27.4. The van der Waals surface area contributed by atoms with Crippen LogP contribution in [-0.2, 0) is 5.41 Å². The van der Waals surface area contributed by atoms with Crippen LogP contribution in [0.4, 0.5) is 17.1 Å². The number of thiophene rings is 1. The molecule has 0 amide bonds. The number of nitrogens with zero attached hydrogens (tertiary/aromatic N) is 1. The summed E-state index contributed by atoms with van der Waals surface area (Å²) < 4.78 is 2.61. The van der Waals surface area contributed by atoms with Gasteiger partial charge in [-0.15, -0.1) is 11.3 Å². The fourth-order valence-corrected chi connectivity index (χ4v) is 9.46. The number of para-hydroxylation sites is 1. The average molecular weight is 644 g/mol. The van der Waals surface area contributed by atoms with Gasteiger partial charge < -0.3 is 4.90 Å². The lowest BCUT2D eigenvalue weighted by atomic mass is 9.82. The molecule has 0 aliphatic heterocycles. The molecule has 9 aromatic rings. The monoisotopic (exact) mass is 643 g/mol. The van der Waals surface area contributed by atoms with E-state index in [-0.39, 0.29) is 5.41 Å². The fourth-order valence-electron chi connectivity index (χ4n) is 8.24. The molecule has 232 valence electrons. The van der Waals surface area contributed by atoms with Gasteiger partial charge in [-0.3, -0.25) is 0 Å². The van der Waals surface area contributed by atoms with Crippen molar-refractivity contribution in [2.45, 2.75) is 19.3 Å². The number of fused-ring (bicyclic) bond motifs is 9. The smallest absolute Gasteiger partial charge is 0.0640 e. The van der Waals surface area contributed by atoms with E-state index in [9.17, 15) is 0 Å². The summed E-state index contributed by atoms with van der Waals surface area (Å²) in [6, 6.07) is 60.6. The minimum atomic E-state index is -0.103. The molecule has 1 aliphatic rings. The van der Waals surface area contributed by atoms with Crippen molar-refractivity contribution in [2.75, 3.05) is 4.90 Å². The molecule has 8 aromatic carbocycles. The summed E-state index contributed by atoms with van der Waals surface area (Å²) in [5.74, 6) is 0. The Morgan fingerprint density at radius 1 is 0.469 bits per heavy atom. The molecular formula is C47H33NS. The second kappa shape index (κ2) is 10.7. The summed E-state index contributed by atoms with van der Waals surface area (Å²) in [6.45, 7) is 4.74. The van der Waals surface area contributed by atoms with Crippen LogP contribution in [0.1, 0.15) is 25.0 Å². The average Bonchev–Trinajstić information content (AvgIpc) is 3.65. The number of benzene rings is 8.